The monoisotopic (exact) mass is 253 g/mol. The summed E-state index contributed by atoms with van der Waals surface area (Å²) in [5.74, 6) is 2.79. The number of ether oxygens (including phenoxy) is 1. The van der Waals surface area contributed by atoms with Gasteiger partial charge in [0.05, 0.1) is 0 Å². The molecule has 1 rings (SSSR count). The van der Waals surface area contributed by atoms with Crippen LogP contribution in [0.3, 0.4) is 0 Å². The number of benzene rings is 1. The van der Waals surface area contributed by atoms with E-state index >= 15 is 0 Å². The predicted octanol–water partition coefficient (Wildman–Crippen LogP) is 3.18. The minimum absolute atomic E-state index is 0.171. The van der Waals surface area contributed by atoms with Crippen molar-refractivity contribution in [3.05, 3.63) is 29.8 Å². The van der Waals surface area contributed by atoms with Gasteiger partial charge in [0.2, 0.25) is 0 Å². The maximum Gasteiger partial charge on any atom is 0.387 e. The molecule has 1 atom stereocenters. The summed E-state index contributed by atoms with van der Waals surface area (Å²) in [6.07, 6.45) is 6.90. The molecule has 0 aliphatic heterocycles. The molecule has 0 radical (unpaired) electrons. The second-order valence-electron chi connectivity index (χ2n) is 3.92. The Hall–Kier alpha value is -1.60. The van der Waals surface area contributed by atoms with Gasteiger partial charge in [-0.05, 0) is 24.1 Å². The van der Waals surface area contributed by atoms with Gasteiger partial charge in [-0.15, -0.1) is 12.3 Å². The minimum Gasteiger partial charge on any atom is -0.435 e. The molecule has 0 fully saturated rings. The van der Waals surface area contributed by atoms with Crippen LogP contribution in [0, 0.1) is 12.3 Å². The molecule has 1 N–H and O–H groups in total. The number of terminal acetylenes is 1. The highest BCUT2D eigenvalue weighted by Gasteiger charge is 2.05. The summed E-state index contributed by atoms with van der Waals surface area (Å²) >= 11 is 0. The lowest BCUT2D eigenvalue weighted by Crippen LogP contribution is -2.27. The third-order valence-electron chi connectivity index (χ3n) is 2.60. The van der Waals surface area contributed by atoms with Crippen molar-refractivity contribution in [2.45, 2.75) is 39.0 Å². The van der Waals surface area contributed by atoms with Crippen LogP contribution in [0.25, 0.3) is 0 Å². The highest BCUT2D eigenvalue weighted by Crippen LogP contribution is 2.15. The number of rotatable bonds is 7. The Kier molecular flexibility index (Phi) is 6.16. The molecule has 0 bridgehead atoms. The molecule has 1 aromatic rings. The van der Waals surface area contributed by atoms with E-state index < -0.39 is 6.61 Å². The van der Waals surface area contributed by atoms with Crippen molar-refractivity contribution >= 4 is 0 Å². The van der Waals surface area contributed by atoms with Gasteiger partial charge in [-0.3, -0.25) is 0 Å². The molecule has 0 aliphatic carbocycles. The lowest BCUT2D eigenvalue weighted by Gasteiger charge is -2.14. The number of alkyl halides is 2. The number of hydrogen-bond donors (Lipinski definition) is 1. The molecule has 18 heavy (non-hydrogen) atoms. The van der Waals surface area contributed by atoms with Gasteiger partial charge in [0.15, 0.2) is 0 Å². The van der Waals surface area contributed by atoms with Crippen LogP contribution in [-0.4, -0.2) is 12.7 Å². The fourth-order valence-corrected chi connectivity index (χ4v) is 1.55. The van der Waals surface area contributed by atoms with E-state index in [9.17, 15) is 8.78 Å². The van der Waals surface area contributed by atoms with E-state index in [1.165, 1.54) is 12.1 Å². The number of nitrogens with one attached hydrogen (secondary N) is 1. The highest BCUT2D eigenvalue weighted by molar-refractivity contribution is 5.27. The molecular weight excluding hydrogens is 236 g/mol. The van der Waals surface area contributed by atoms with Gasteiger partial charge in [0.25, 0.3) is 0 Å². The maximum absolute atomic E-state index is 12.0. The predicted molar refractivity (Wildman–Crippen MR) is 67.4 cm³/mol. The molecule has 4 heteroatoms. The molecule has 1 unspecified atom stereocenters. The normalized spacial score (nSPS) is 12.2. The minimum atomic E-state index is -2.78. The molecule has 0 aromatic heterocycles. The fraction of sp³-hybridized carbons (Fsp3) is 0.429. The molecule has 2 nitrogen and oxygen atoms in total. The fourth-order valence-electron chi connectivity index (χ4n) is 1.55. The van der Waals surface area contributed by atoms with Crippen LogP contribution in [0.15, 0.2) is 24.3 Å². The Bertz CT molecular complexity index is 384. The van der Waals surface area contributed by atoms with Gasteiger partial charge >= 0.3 is 6.61 Å². The molecule has 0 aliphatic rings. The van der Waals surface area contributed by atoms with E-state index in [0.29, 0.717) is 13.0 Å². The van der Waals surface area contributed by atoms with E-state index in [-0.39, 0.29) is 11.8 Å². The van der Waals surface area contributed by atoms with Crippen molar-refractivity contribution in [3.8, 4) is 18.1 Å². The molecule has 0 spiro atoms. The first-order chi connectivity index (χ1) is 8.65. The Labute approximate surface area is 106 Å². The van der Waals surface area contributed by atoms with Gasteiger partial charge < -0.3 is 10.1 Å². The first-order valence-corrected chi connectivity index (χ1v) is 5.86. The van der Waals surface area contributed by atoms with Gasteiger partial charge in [-0.25, -0.2) is 0 Å². The average molecular weight is 253 g/mol. The molecule has 0 saturated carbocycles. The van der Waals surface area contributed by atoms with E-state index in [1.54, 1.807) is 12.1 Å². The highest BCUT2D eigenvalue weighted by atomic mass is 19.3. The van der Waals surface area contributed by atoms with E-state index in [2.05, 4.69) is 22.9 Å². The van der Waals surface area contributed by atoms with E-state index in [1.807, 2.05) is 0 Å². The molecule has 0 saturated heterocycles. The van der Waals surface area contributed by atoms with Gasteiger partial charge in [0.1, 0.15) is 5.75 Å². The Morgan fingerprint density at radius 3 is 2.50 bits per heavy atom. The molecule has 0 heterocycles. The summed E-state index contributed by atoms with van der Waals surface area (Å²) in [7, 11) is 0. The van der Waals surface area contributed by atoms with Crippen LogP contribution >= 0.6 is 0 Å². The first-order valence-electron chi connectivity index (χ1n) is 5.86. The summed E-state index contributed by atoms with van der Waals surface area (Å²) in [5, 5.41) is 3.32. The van der Waals surface area contributed by atoms with Crippen LogP contribution in [0.5, 0.6) is 5.75 Å². The summed E-state index contributed by atoms with van der Waals surface area (Å²) in [6.45, 7) is -0.0573. The third-order valence-corrected chi connectivity index (χ3v) is 2.60. The zero-order valence-corrected chi connectivity index (χ0v) is 10.3. The smallest absolute Gasteiger partial charge is 0.387 e. The zero-order valence-electron chi connectivity index (χ0n) is 10.3. The van der Waals surface area contributed by atoms with Crippen molar-refractivity contribution in [2.75, 3.05) is 0 Å². The molecular formula is C14H17F2NO. The lowest BCUT2D eigenvalue weighted by molar-refractivity contribution is -0.0498. The zero-order chi connectivity index (χ0) is 13.4. The van der Waals surface area contributed by atoms with Crippen LogP contribution in [0.2, 0.25) is 0 Å². The van der Waals surface area contributed by atoms with Crippen LogP contribution < -0.4 is 10.1 Å². The Morgan fingerprint density at radius 1 is 1.33 bits per heavy atom. The van der Waals surface area contributed by atoms with E-state index in [4.69, 9.17) is 6.42 Å². The van der Waals surface area contributed by atoms with Crippen molar-refractivity contribution in [1.82, 2.24) is 5.32 Å². The van der Waals surface area contributed by atoms with Gasteiger partial charge in [-0.2, -0.15) is 8.78 Å². The van der Waals surface area contributed by atoms with Gasteiger partial charge in [0, 0.05) is 19.0 Å². The average Bonchev–Trinajstić information content (AvgIpc) is 2.35. The lowest BCUT2D eigenvalue weighted by atomic mass is 10.1. The van der Waals surface area contributed by atoms with E-state index in [0.717, 1.165) is 12.0 Å². The number of hydrogen-bond acceptors (Lipinski definition) is 2. The largest absolute Gasteiger partial charge is 0.435 e. The van der Waals surface area contributed by atoms with Crippen LogP contribution in [0.1, 0.15) is 25.3 Å². The van der Waals surface area contributed by atoms with Crippen LogP contribution in [-0.2, 0) is 6.54 Å². The van der Waals surface area contributed by atoms with Crippen molar-refractivity contribution in [3.63, 3.8) is 0 Å². The SMILES string of the molecule is C#CCC(CC)NCc1ccc(OC(F)F)cc1. The second-order valence-corrected chi connectivity index (χ2v) is 3.92. The van der Waals surface area contributed by atoms with Crippen molar-refractivity contribution in [1.29, 1.82) is 0 Å². The van der Waals surface area contributed by atoms with Crippen molar-refractivity contribution in [2.24, 2.45) is 0 Å². The maximum atomic E-state index is 12.0. The Balaban J connectivity index is 2.46. The summed E-state index contributed by atoms with van der Waals surface area (Å²) < 4.78 is 28.2. The van der Waals surface area contributed by atoms with Gasteiger partial charge in [-0.1, -0.05) is 19.1 Å². The molecule has 0 amide bonds. The molecule has 98 valence electrons. The topological polar surface area (TPSA) is 21.3 Å². The molecule has 1 aromatic carbocycles. The number of halogens is 2. The summed E-state index contributed by atoms with van der Waals surface area (Å²) in [4.78, 5) is 0. The summed E-state index contributed by atoms with van der Waals surface area (Å²) in [5.41, 5.74) is 1.01. The van der Waals surface area contributed by atoms with Crippen LogP contribution in [0.4, 0.5) is 8.78 Å². The second kappa shape index (κ2) is 7.67. The van der Waals surface area contributed by atoms with Crippen molar-refractivity contribution < 1.29 is 13.5 Å². The standard InChI is InChI=1S/C14H17F2NO/c1-3-5-12(4-2)17-10-11-6-8-13(9-7-11)18-14(15)16/h1,6-9,12,14,17H,4-5,10H2,2H3. The summed E-state index contributed by atoms with van der Waals surface area (Å²) in [6, 6.07) is 6.86. The first kappa shape index (κ1) is 14.5. The quantitative estimate of drug-likeness (QED) is 0.753. The Morgan fingerprint density at radius 2 is 2.00 bits per heavy atom. The third kappa shape index (κ3) is 5.15.